The molecule has 0 spiro atoms. The molecule has 0 fully saturated rings. The van der Waals surface area contributed by atoms with Crippen molar-refractivity contribution < 1.29 is 13.9 Å². The summed E-state index contributed by atoms with van der Waals surface area (Å²) in [6.45, 7) is 0. The summed E-state index contributed by atoms with van der Waals surface area (Å²) in [5, 5.41) is 0. The van der Waals surface area contributed by atoms with Crippen molar-refractivity contribution >= 4 is 5.97 Å². The minimum absolute atomic E-state index is 0.401. The zero-order valence-corrected chi connectivity index (χ0v) is 10.7. The van der Waals surface area contributed by atoms with Gasteiger partial charge in [0.1, 0.15) is 0 Å². The van der Waals surface area contributed by atoms with E-state index in [-0.39, 0.29) is 0 Å². The first-order valence-corrected chi connectivity index (χ1v) is 5.99. The maximum Gasteiger partial charge on any atom is 0.345 e. The molecule has 0 bridgehead atoms. The zero-order chi connectivity index (χ0) is 14.1. The third kappa shape index (κ3) is 1.89. The van der Waals surface area contributed by atoms with Gasteiger partial charge in [-0.15, -0.1) is 0 Å². The number of aromatic amines is 1. The molecule has 0 atom stereocenters. The maximum absolute atomic E-state index is 11.8. The highest BCUT2D eigenvalue weighted by Gasteiger charge is 2.19. The Kier molecular flexibility index (Phi) is 2.87. The van der Waals surface area contributed by atoms with Crippen LogP contribution in [0.25, 0.3) is 22.6 Å². The number of carbonyl (C=O) groups is 1. The van der Waals surface area contributed by atoms with Crippen LogP contribution in [0.3, 0.4) is 0 Å². The van der Waals surface area contributed by atoms with Gasteiger partial charge in [-0.3, -0.25) is 0 Å². The van der Waals surface area contributed by atoms with Crippen molar-refractivity contribution in [2.24, 2.45) is 0 Å². The van der Waals surface area contributed by atoms with Crippen LogP contribution in [-0.4, -0.2) is 18.1 Å². The van der Waals surface area contributed by atoms with E-state index in [2.05, 4.69) is 9.72 Å². The van der Waals surface area contributed by atoms with Crippen molar-refractivity contribution in [1.29, 1.82) is 0 Å². The largest absolute Gasteiger partial charge is 0.465 e. The Morgan fingerprint density at radius 2 is 2.10 bits per heavy atom. The van der Waals surface area contributed by atoms with E-state index in [1.54, 1.807) is 42.6 Å². The molecule has 20 heavy (non-hydrogen) atoms. The fraction of sp³-hybridized carbons (Fsp3) is 0.0667. The third-order valence-electron chi connectivity index (χ3n) is 3.04. The molecule has 2 aliphatic rings. The minimum Gasteiger partial charge on any atom is -0.465 e. The number of esters is 1. The van der Waals surface area contributed by atoms with Crippen LogP contribution >= 0.6 is 0 Å². The molecule has 0 unspecified atom stereocenters. The van der Waals surface area contributed by atoms with Gasteiger partial charge < -0.3 is 14.1 Å². The van der Waals surface area contributed by atoms with Crippen LogP contribution in [0, 0.1) is 0 Å². The van der Waals surface area contributed by atoms with Crippen LogP contribution in [0.2, 0.25) is 0 Å². The molecule has 5 nitrogen and oxygen atoms in total. The number of hydrogen-bond acceptors (Lipinski definition) is 4. The molecule has 0 saturated carbocycles. The number of rotatable bonds is 2. The van der Waals surface area contributed by atoms with Crippen molar-refractivity contribution in [3.8, 4) is 22.6 Å². The van der Waals surface area contributed by atoms with E-state index in [4.69, 9.17) is 4.42 Å². The Bertz CT molecular complexity index is 800. The van der Waals surface area contributed by atoms with E-state index < -0.39 is 11.6 Å². The molecule has 1 aromatic rings. The highest BCUT2D eigenvalue weighted by Crippen LogP contribution is 2.30. The molecule has 0 saturated heterocycles. The number of nitrogens with one attached hydrogen (secondary N) is 1. The SMILES string of the molecule is COC(=O)c1cccc(-c2oc(=O)c3ccc[nH]c2-3)c1. The molecule has 0 aliphatic carbocycles. The van der Waals surface area contributed by atoms with E-state index in [9.17, 15) is 9.59 Å². The van der Waals surface area contributed by atoms with Crippen LogP contribution < -0.4 is 5.63 Å². The number of aromatic nitrogens is 1. The summed E-state index contributed by atoms with van der Waals surface area (Å²) in [6, 6.07) is 10.2. The topological polar surface area (TPSA) is 72.3 Å². The average Bonchev–Trinajstić information content (AvgIpc) is 2.84. The van der Waals surface area contributed by atoms with Gasteiger partial charge in [0.2, 0.25) is 0 Å². The summed E-state index contributed by atoms with van der Waals surface area (Å²) >= 11 is 0. The number of H-pyrrole nitrogens is 1. The monoisotopic (exact) mass is 269 g/mol. The van der Waals surface area contributed by atoms with Gasteiger partial charge in [0.25, 0.3) is 0 Å². The molecule has 3 rings (SSSR count). The van der Waals surface area contributed by atoms with E-state index in [0.29, 0.717) is 28.1 Å². The van der Waals surface area contributed by atoms with Crippen LogP contribution in [0.4, 0.5) is 0 Å². The van der Waals surface area contributed by atoms with Gasteiger partial charge in [-0.1, -0.05) is 12.1 Å². The van der Waals surface area contributed by atoms with Gasteiger partial charge in [0.05, 0.1) is 23.9 Å². The molecule has 100 valence electrons. The maximum atomic E-state index is 11.8. The number of methoxy groups -OCH3 is 1. The van der Waals surface area contributed by atoms with Crippen LogP contribution in [0.5, 0.6) is 0 Å². The summed E-state index contributed by atoms with van der Waals surface area (Å²) in [7, 11) is 1.32. The number of benzene rings is 1. The molecule has 5 heteroatoms. The summed E-state index contributed by atoms with van der Waals surface area (Å²) in [5.41, 5.74) is 1.72. The van der Waals surface area contributed by atoms with Gasteiger partial charge in [-0.2, -0.15) is 0 Å². The van der Waals surface area contributed by atoms with E-state index >= 15 is 0 Å². The van der Waals surface area contributed by atoms with E-state index in [0.717, 1.165) is 0 Å². The zero-order valence-electron chi connectivity index (χ0n) is 10.7. The third-order valence-corrected chi connectivity index (χ3v) is 3.04. The summed E-state index contributed by atoms with van der Waals surface area (Å²) in [4.78, 5) is 26.3. The predicted octanol–water partition coefficient (Wildman–Crippen LogP) is 2.53. The molecule has 2 heterocycles. The van der Waals surface area contributed by atoms with Crippen molar-refractivity contribution in [2.75, 3.05) is 7.11 Å². The highest BCUT2D eigenvalue weighted by molar-refractivity contribution is 5.91. The second-order valence-corrected chi connectivity index (χ2v) is 4.25. The first-order valence-electron chi connectivity index (χ1n) is 5.99. The number of hydrogen-bond donors (Lipinski definition) is 1. The molecule has 1 N–H and O–H groups in total. The first-order chi connectivity index (χ1) is 9.70. The average molecular weight is 269 g/mol. The van der Waals surface area contributed by atoms with Crippen molar-refractivity contribution in [3.63, 3.8) is 0 Å². The summed E-state index contributed by atoms with van der Waals surface area (Å²) < 4.78 is 9.96. The van der Waals surface area contributed by atoms with Gasteiger partial charge in [0.15, 0.2) is 5.76 Å². The van der Waals surface area contributed by atoms with Crippen molar-refractivity contribution in [3.05, 3.63) is 58.6 Å². The number of carbonyl (C=O) groups excluding carboxylic acids is 1. The lowest BCUT2D eigenvalue weighted by molar-refractivity contribution is 0.0601. The van der Waals surface area contributed by atoms with Crippen LogP contribution in [0.15, 0.2) is 51.8 Å². The lowest BCUT2D eigenvalue weighted by atomic mass is 10.1. The lowest BCUT2D eigenvalue weighted by Gasteiger charge is -2.03. The van der Waals surface area contributed by atoms with E-state index in [1.165, 1.54) is 7.11 Å². The second kappa shape index (κ2) is 4.70. The van der Waals surface area contributed by atoms with Crippen LogP contribution in [0.1, 0.15) is 10.4 Å². The van der Waals surface area contributed by atoms with Crippen molar-refractivity contribution in [1.82, 2.24) is 4.98 Å². The number of pyridine rings is 1. The van der Waals surface area contributed by atoms with Gasteiger partial charge in [0, 0.05) is 11.8 Å². The number of ether oxygens (including phenoxy) is 1. The Hall–Kier alpha value is -2.82. The molecule has 2 aliphatic heterocycles. The Morgan fingerprint density at radius 3 is 2.90 bits per heavy atom. The summed E-state index contributed by atoms with van der Waals surface area (Å²) in [5.74, 6) is -0.0228. The first kappa shape index (κ1) is 12.2. The molecular weight excluding hydrogens is 258 g/mol. The quantitative estimate of drug-likeness (QED) is 0.725. The lowest BCUT2D eigenvalue weighted by Crippen LogP contribution is -2.00. The molecule has 0 radical (unpaired) electrons. The predicted molar refractivity (Wildman–Crippen MR) is 72.7 cm³/mol. The summed E-state index contributed by atoms with van der Waals surface area (Å²) in [6.07, 6.45) is 1.71. The van der Waals surface area contributed by atoms with Gasteiger partial charge in [-0.25, -0.2) is 9.59 Å². The Labute approximate surface area is 114 Å². The standard InChI is InChI=1S/C15H11NO4/c1-19-14(17)10-5-2-4-9(8-10)13-12-11(15(18)20-13)6-3-7-16-12/h2-8,16H,1H3. The van der Waals surface area contributed by atoms with Crippen LogP contribution in [-0.2, 0) is 4.74 Å². The molecule has 0 amide bonds. The number of fused-ring (bicyclic) bond motifs is 1. The Morgan fingerprint density at radius 1 is 1.25 bits per heavy atom. The fourth-order valence-electron chi connectivity index (χ4n) is 2.10. The number of furan rings is 1. The molecular formula is C15H11NO4. The smallest absolute Gasteiger partial charge is 0.345 e. The second-order valence-electron chi connectivity index (χ2n) is 4.25. The van der Waals surface area contributed by atoms with Gasteiger partial charge in [-0.05, 0) is 24.3 Å². The van der Waals surface area contributed by atoms with Gasteiger partial charge >= 0.3 is 11.6 Å². The highest BCUT2D eigenvalue weighted by atomic mass is 16.5. The normalized spacial score (nSPS) is 10.7. The Balaban J connectivity index is 2.17. The fourth-order valence-corrected chi connectivity index (χ4v) is 2.10. The molecule has 0 aromatic heterocycles. The minimum atomic E-state index is -0.436. The molecule has 1 aromatic carbocycles. The van der Waals surface area contributed by atoms with E-state index in [1.807, 2.05) is 0 Å². The van der Waals surface area contributed by atoms with Crippen molar-refractivity contribution in [2.45, 2.75) is 0 Å².